The van der Waals surface area contributed by atoms with Gasteiger partial charge in [0.05, 0.1) is 4.92 Å². The first kappa shape index (κ1) is 14.9. The van der Waals surface area contributed by atoms with Gasteiger partial charge in [-0.25, -0.2) is 4.79 Å². The number of aliphatic carboxylic acids is 1. The smallest absolute Gasteiger partial charge is 0.326 e. The molecule has 2 N–H and O–H groups in total. The monoisotopic (exact) mass is 266 g/mol. The molecule has 104 valence electrons. The van der Waals surface area contributed by atoms with Crippen LogP contribution in [0.15, 0.2) is 18.2 Å². The van der Waals surface area contributed by atoms with Crippen molar-refractivity contribution >= 4 is 17.3 Å². The second-order valence-electron chi connectivity index (χ2n) is 4.92. The van der Waals surface area contributed by atoms with Crippen molar-refractivity contribution in [1.29, 1.82) is 0 Å². The molecule has 6 nitrogen and oxygen atoms in total. The molecule has 0 aliphatic rings. The maximum Gasteiger partial charge on any atom is 0.326 e. The predicted molar refractivity (Wildman–Crippen MR) is 72.3 cm³/mol. The molecule has 0 saturated heterocycles. The molecule has 0 spiro atoms. The lowest BCUT2D eigenvalue weighted by molar-refractivity contribution is -0.385. The number of hydrogen-bond acceptors (Lipinski definition) is 4. The van der Waals surface area contributed by atoms with Crippen molar-refractivity contribution in [3.8, 4) is 0 Å². The lowest BCUT2D eigenvalue weighted by Crippen LogP contribution is -2.30. The standard InChI is InChI=1S/C13H18N2O4/c1-8(2)6-11(13(16)17)14-10-4-5-12(15(18)19)9(3)7-10/h4-5,7-8,11,14H,6H2,1-3H3,(H,16,17)/t11-/m1/s1. The highest BCUT2D eigenvalue weighted by Crippen LogP contribution is 2.22. The zero-order valence-corrected chi connectivity index (χ0v) is 11.2. The van der Waals surface area contributed by atoms with Crippen LogP contribution in [0.2, 0.25) is 0 Å². The third-order valence-electron chi connectivity index (χ3n) is 2.74. The molecule has 0 aliphatic carbocycles. The van der Waals surface area contributed by atoms with Crippen LogP contribution in [-0.2, 0) is 4.79 Å². The van der Waals surface area contributed by atoms with E-state index in [2.05, 4.69) is 5.32 Å². The summed E-state index contributed by atoms with van der Waals surface area (Å²) in [5.41, 5.74) is 1.11. The van der Waals surface area contributed by atoms with Gasteiger partial charge in [0.2, 0.25) is 0 Å². The van der Waals surface area contributed by atoms with Crippen molar-refractivity contribution in [3.05, 3.63) is 33.9 Å². The lowest BCUT2D eigenvalue weighted by atomic mass is 10.0. The van der Waals surface area contributed by atoms with Crippen LogP contribution < -0.4 is 5.32 Å². The van der Waals surface area contributed by atoms with Crippen LogP contribution >= 0.6 is 0 Å². The van der Waals surface area contributed by atoms with Gasteiger partial charge in [0.15, 0.2) is 0 Å². The second kappa shape index (κ2) is 6.17. The van der Waals surface area contributed by atoms with E-state index in [1.54, 1.807) is 13.0 Å². The number of benzene rings is 1. The van der Waals surface area contributed by atoms with Crippen molar-refractivity contribution in [2.45, 2.75) is 33.2 Å². The highest BCUT2D eigenvalue weighted by atomic mass is 16.6. The van der Waals surface area contributed by atoms with E-state index in [-0.39, 0.29) is 11.6 Å². The van der Waals surface area contributed by atoms with Crippen LogP contribution in [0.25, 0.3) is 0 Å². The van der Waals surface area contributed by atoms with E-state index < -0.39 is 16.9 Å². The number of anilines is 1. The minimum absolute atomic E-state index is 0.0290. The molecule has 19 heavy (non-hydrogen) atoms. The summed E-state index contributed by atoms with van der Waals surface area (Å²) in [5, 5.41) is 22.7. The Morgan fingerprint density at radius 3 is 2.53 bits per heavy atom. The van der Waals surface area contributed by atoms with Crippen LogP contribution in [0.5, 0.6) is 0 Å². The largest absolute Gasteiger partial charge is 0.480 e. The Hall–Kier alpha value is -2.11. The Morgan fingerprint density at radius 1 is 1.47 bits per heavy atom. The Bertz CT molecular complexity index is 486. The Morgan fingerprint density at radius 2 is 2.11 bits per heavy atom. The number of carbonyl (C=O) groups is 1. The quantitative estimate of drug-likeness (QED) is 0.610. The first-order valence-electron chi connectivity index (χ1n) is 6.05. The van der Waals surface area contributed by atoms with E-state index in [1.807, 2.05) is 13.8 Å². The van der Waals surface area contributed by atoms with Crippen LogP contribution in [0.1, 0.15) is 25.8 Å². The molecule has 1 aromatic rings. The molecular formula is C13H18N2O4. The molecule has 0 radical (unpaired) electrons. The zero-order valence-electron chi connectivity index (χ0n) is 11.2. The van der Waals surface area contributed by atoms with Gasteiger partial charge in [0.1, 0.15) is 6.04 Å². The van der Waals surface area contributed by atoms with Crippen molar-refractivity contribution < 1.29 is 14.8 Å². The van der Waals surface area contributed by atoms with Crippen molar-refractivity contribution in [1.82, 2.24) is 0 Å². The highest BCUT2D eigenvalue weighted by Gasteiger charge is 2.19. The van der Waals surface area contributed by atoms with Gasteiger partial charge >= 0.3 is 5.97 Å². The van der Waals surface area contributed by atoms with E-state index in [1.165, 1.54) is 12.1 Å². The molecule has 0 amide bonds. The maximum atomic E-state index is 11.1. The molecule has 0 aromatic heterocycles. The van der Waals surface area contributed by atoms with Crippen molar-refractivity contribution in [2.75, 3.05) is 5.32 Å². The maximum absolute atomic E-state index is 11.1. The van der Waals surface area contributed by atoms with Crippen LogP contribution in [0.3, 0.4) is 0 Å². The lowest BCUT2D eigenvalue weighted by Gasteiger charge is -2.17. The number of aryl methyl sites for hydroxylation is 1. The summed E-state index contributed by atoms with van der Waals surface area (Å²) in [4.78, 5) is 21.4. The fourth-order valence-electron chi connectivity index (χ4n) is 1.84. The summed E-state index contributed by atoms with van der Waals surface area (Å²) in [6.45, 7) is 5.51. The first-order chi connectivity index (χ1) is 8.81. The highest BCUT2D eigenvalue weighted by molar-refractivity contribution is 5.77. The molecule has 0 aliphatic heterocycles. The third kappa shape index (κ3) is 4.24. The average Bonchev–Trinajstić information content (AvgIpc) is 2.26. The number of hydrogen-bond donors (Lipinski definition) is 2. The number of nitro benzene ring substituents is 1. The minimum Gasteiger partial charge on any atom is -0.480 e. The van der Waals surface area contributed by atoms with Crippen LogP contribution in [0.4, 0.5) is 11.4 Å². The molecular weight excluding hydrogens is 248 g/mol. The van der Waals surface area contributed by atoms with Gasteiger partial charge < -0.3 is 10.4 Å². The van der Waals surface area contributed by atoms with Crippen molar-refractivity contribution in [3.63, 3.8) is 0 Å². The summed E-state index contributed by atoms with van der Waals surface area (Å²) < 4.78 is 0. The van der Waals surface area contributed by atoms with Crippen LogP contribution in [-0.4, -0.2) is 22.0 Å². The summed E-state index contributed by atoms with van der Waals surface area (Å²) in [6.07, 6.45) is 0.491. The fourth-order valence-corrected chi connectivity index (χ4v) is 1.84. The molecule has 0 heterocycles. The molecule has 1 atom stereocenters. The van der Waals surface area contributed by atoms with Gasteiger partial charge in [-0.3, -0.25) is 10.1 Å². The van der Waals surface area contributed by atoms with Gasteiger partial charge in [-0.2, -0.15) is 0 Å². The van der Waals surface area contributed by atoms with E-state index in [9.17, 15) is 14.9 Å². The van der Waals surface area contributed by atoms with Gasteiger partial charge in [0.25, 0.3) is 5.69 Å². The fraction of sp³-hybridized carbons (Fsp3) is 0.462. The number of nitrogens with zero attached hydrogens (tertiary/aromatic N) is 1. The minimum atomic E-state index is -0.926. The molecule has 1 rings (SSSR count). The number of carboxylic acid groups (broad SMARTS) is 1. The average molecular weight is 266 g/mol. The summed E-state index contributed by atoms with van der Waals surface area (Å²) >= 11 is 0. The van der Waals surface area contributed by atoms with Crippen molar-refractivity contribution in [2.24, 2.45) is 5.92 Å². The normalized spacial score (nSPS) is 12.2. The van der Waals surface area contributed by atoms with Gasteiger partial charge in [-0.1, -0.05) is 13.8 Å². The SMILES string of the molecule is Cc1cc(N[C@H](CC(C)C)C(=O)O)ccc1[N+](=O)[O-]. The van der Waals surface area contributed by atoms with E-state index in [0.717, 1.165) is 0 Å². The second-order valence-corrected chi connectivity index (χ2v) is 4.92. The van der Waals surface area contributed by atoms with E-state index >= 15 is 0 Å². The molecule has 0 saturated carbocycles. The number of rotatable bonds is 6. The summed E-state index contributed by atoms with van der Waals surface area (Å²) in [7, 11) is 0. The summed E-state index contributed by atoms with van der Waals surface area (Å²) in [6, 6.07) is 3.81. The van der Waals surface area contributed by atoms with Gasteiger partial charge in [-0.05, 0) is 31.4 Å². The zero-order chi connectivity index (χ0) is 14.6. The Balaban J connectivity index is 2.88. The number of nitrogens with one attached hydrogen (secondary N) is 1. The van der Waals surface area contributed by atoms with E-state index in [0.29, 0.717) is 17.7 Å². The molecule has 0 unspecified atom stereocenters. The molecule has 6 heteroatoms. The molecule has 0 bridgehead atoms. The number of carboxylic acids is 1. The molecule has 1 aromatic carbocycles. The molecule has 0 fully saturated rings. The third-order valence-corrected chi connectivity index (χ3v) is 2.74. The summed E-state index contributed by atoms with van der Waals surface area (Å²) in [5.74, 6) is -0.683. The Labute approximate surface area is 111 Å². The van der Waals surface area contributed by atoms with Gasteiger partial charge in [0, 0.05) is 17.3 Å². The van der Waals surface area contributed by atoms with Crippen LogP contribution in [0, 0.1) is 23.0 Å². The topological polar surface area (TPSA) is 92.5 Å². The van der Waals surface area contributed by atoms with E-state index in [4.69, 9.17) is 5.11 Å². The predicted octanol–water partition coefficient (Wildman–Crippen LogP) is 2.81. The Kier molecular flexibility index (Phi) is 4.86. The number of nitro groups is 1. The van der Waals surface area contributed by atoms with Gasteiger partial charge in [-0.15, -0.1) is 0 Å². The first-order valence-corrected chi connectivity index (χ1v) is 6.05.